The average Bonchev–Trinajstić information content (AvgIpc) is 2.69. The number of hydrogen-bond acceptors (Lipinski definition) is 1. The Kier molecular flexibility index (Phi) is 4.67. The van der Waals surface area contributed by atoms with Crippen molar-refractivity contribution in [3.05, 3.63) is 35.1 Å². The second-order valence-electron chi connectivity index (χ2n) is 3.82. The molecule has 1 atom stereocenters. The lowest BCUT2D eigenvalue weighted by Gasteiger charge is -2.18. The molecular formula is C14H22O. The van der Waals surface area contributed by atoms with Gasteiger partial charge in [0, 0.05) is 5.92 Å². The van der Waals surface area contributed by atoms with Crippen LogP contribution < -0.4 is 0 Å². The molecular weight excluding hydrogens is 184 g/mol. The van der Waals surface area contributed by atoms with Crippen LogP contribution in [0.3, 0.4) is 0 Å². The number of hydrogen-bond donors (Lipinski definition) is 0. The van der Waals surface area contributed by atoms with Gasteiger partial charge in [0.05, 0.1) is 6.61 Å². The highest BCUT2D eigenvalue weighted by Gasteiger charge is 2.26. The second kappa shape index (κ2) is 5.79. The smallest absolute Gasteiger partial charge is 0.100 e. The molecule has 0 bridgehead atoms. The minimum Gasteiger partial charge on any atom is -0.498 e. The highest BCUT2D eigenvalue weighted by atomic mass is 16.5. The Hall–Kier alpha value is -0.980. The fourth-order valence-corrected chi connectivity index (χ4v) is 2.08. The van der Waals surface area contributed by atoms with Crippen LogP contribution in [0, 0.1) is 5.92 Å². The van der Waals surface area contributed by atoms with Gasteiger partial charge in [0.1, 0.15) is 5.76 Å². The number of ether oxygens (including phenoxy) is 1. The lowest BCUT2D eigenvalue weighted by Crippen LogP contribution is -2.04. The summed E-state index contributed by atoms with van der Waals surface area (Å²) in [5.41, 5.74) is 2.84. The van der Waals surface area contributed by atoms with Crippen molar-refractivity contribution in [2.24, 2.45) is 5.92 Å². The molecule has 15 heavy (non-hydrogen) atoms. The van der Waals surface area contributed by atoms with E-state index in [2.05, 4.69) is 32.1 Å². The first-order chi connectivity index (χ1) is 7.31. The fourth-order valence-electron chi connectivity index (χ4n) is 2.08. The summed E-state index contributed by atoms with van der Waals surface area (Å²) in [6.07, 6.45) is 8.85. The molecule has 1 unspecified atom stereocenters. The zero-order valence-corrected chi connectivity index (χ0v) is 10.3. The number of allylic oxidation sites excluding steroid dienone is 6. The maximum absolute atomic E-state index is 5.57. The lowest BCUT2D eigenvalue weighted by atomic mass is 9.88. The van der Waals surface area contributed by atoms with Crippen LogP contribution in [-0.2, 0) is 4.74 Å². The van der Waals surface area contributed by atoms with Crippen molar-refractivity contribution in [1.82, 2.24) is 0 Å². The Morgan fingerprint density at radius 1 is 1.40 bits per heavy atom. The van der Waals surface area contributed by atoms with Crippen molar-refractivity contribution >= 4 is 0 Å². The zero-order valence-electron chi connectivity index (χ0n) is 10.3. The van der Waals surface area contributed by atoms with Crippen LogP contribution in [0.4, 0.5) is 0 Å². The number of fused-ring (bicyclic) bond motifs is 1. The maximum atomic E-state index is 5.57. The molecule has 0 spiro atoms. The monoisotopic (exact) mass is 206 g/mol. The summed E-state index contributed by atoms with van der Waals surface area (Å²) in [6.45, 7) is 9.19. The van der Waals surface area contributed by atoms with Crippen molar-refractivity contribution in [2.75, 3.05) is 6.61 Å². The van der Waals surface area contributed by atoms with E-state index in [4.69, 9.17) is 4.74 Å². The predicted octanol–water partition coefficient (Wildman–Crippen LogP) is 4.23. The van der Waals surface area contributed by atoms with Gasteiger partial charge in [0.15, 0.2) is 0 Å². The normalized spacial score (nSPS) is 24.3. The van der Waals surface area contributed by atoms with Gasteiger partial charge in [0.25, 0.3) is 0 Å². The lowest BCUT2D eigenvalue weighted by molar-refractivity contribution is 0.257. The van der Waals surface area contributed by atoms with Gasteiger partial charge < -0.3 is 4.74 Å². The second-order valence-corrected chi connectivity index (χ2v) is 3.82. The van der Waals surface area contributed by atoms with Gasteiger partial charge in [-0.15, -0.1) is 0 Å². The first-order valence-electron chi connectivity index (χ1n) is 5.98. The first kappa shape index (κ1) is 12.1. The summed E-state index contributed by atoms with van der Waals surface area (Å²) in [4.78, 5) is 0. The summed E-state index contributed by atoms with van der Waals surface area (Å²) in [5, 5.41) is 0. The molecule has 2 rings (SSSR count). The van der Waals surface area contributed by atoms with Gasteiger partial charge in [0.2, 0.25) is 0 Å². The third kappa shape index (κ3) is 2.74. The molecule has 1 aliphatic heterocycles. The molecule has 0 saturated carbocycles. The predicted molar refractivity (Wildman–Crippen MR) is 65.6 cm³/mol. The molecule has 0 N–H and O–H groups in total. The molecule has 1 aliphatic carbocycles. The van der Waals surface area contributed by atoms with Crippen molar-refractivity contribution < 1.29 is 4.74 Å². The third-order valence-corrected chi connectivity index (χ3v) is 2.83. The summed E-state index contributed by atoms with van der Waals surface area (Å²) in [6, 6.07) is 0. The third-order valence-electron chi connectivity index (χ3n) is 2.83. The summed E-state index contributed by atoms with van der Waals surface area (Å²) in [7, 11) is 0. The van der Waals surface area contributed by atoms with Crippen molar-refractivity contribution in [3.63, 3.8) is 0 Å². The minimum absolute atomic E-state index is 0.675. The van der Waals surface area contributed by atoms with Crippen LogP contribution >= 0.6 is 0 Å². The average molecular weight is 206 g/mol. The Morgan fingerprint density at radius 2 is 2.13 bits per heavy atom. The van der Waals surface area contributed by atoms with E-state index in [1.54, 1.807) is 0 Å². The van der Waals surface area contributed by atoms with E-state index in [0.717, 1.165) is 6.61 Å². The van der Waals surface area contributed by atoms with Crippen LogP contribution in [0.2, 0.25) is 0 Å². The molecule has 1 fully saturated rings. The highest BCUT2D eigenvalue weighted by Crippen LogP contribution is 2.36. The summed E-state index contributed by atoms with van der Waals surface area (Å²) >= 11 is 0. The summed E-state index contributed by atoms with van der Waals surface area (Å²) in [5.74, 6) is 1.88. The van der Waals surface area contributed by atoms with E-state index < -0.39 is 0 Å². The largest absolute Gasteiger partial charge is 0.498 e. The van der Waals surface area contributed by atoms with E-state index >= 15 is 0 Å². The van der Waals surface area contributed by atoms with E-state index in [1.165, 1.54) is 29.7 Å². The summed E-state index contributed by atoms with van der Waals surface area (Å²) < 4.78 is 5.57. The Morgan fingerprint density at radius 3 is 2.80 bits per heavy atom. The van der Waals surface area contributed by atoms with Gasteiger partial charge in [-0.25, -0.2) is 0 Å². The van der Waals surface area contributed by atoms with Gasteiger partial charge >= 0.3 is 0 Å². The molecule has 1 heteroatoms. The molecule has 0 aromatic heterocycles. The maximum Gasteiger partial charge on any atom is 0.100 e. The highest BCUT2D eigenvalue weighted by molar-refractivity contribution is 5.40. The van der Waals surface area contributed by atoms with Crippen LogP contribution in [0.25, 0.3) is 0 Å². The molecule has 1 heterocycles. The van der Waals surface area contributed by atoms with Crippen molar-refractivity contribution in [2.45, 2.75) is 40.5 Å². The molecule has 1 nitrogen and oxygen atoms in total. The molecule has 1 saturated heterocycles. The SMILES string of the molecule is C/C=C\C1=C(C)CC2CCOC2=C1.CC. The molecule has 0 aromatic rings. The fraction of sp³-hybridized carbons (Fsp3) is 0.571. The van der Waals surface area contributed by atoms with Gasteiger partial charge in [-0.2, -0.15) is 0 Å². The first-order valence-corrected chi connectivity index (χ1v) is 5.98. The molecule has 0 amide bonds. The molecule has 0 radical (unpaired) electrons. The molecule has 84 valence electrons. The van der Waals surface area contributed by atoms with Crippen molar-refractivity contribution in [1.29, 1.82) is 0 Å². The zero-order chi connectivity index (χ0) is 11.3. The Bertz CT molecular complexity index is 294. The quantitative estimate of drug-likeness (QED) is 0.624. The Labute approximate surface area is 93.5 Å². The molecule has 0 aromatic carbocycles. The van der Waals surface area contributed by atoms with Gasteiger partial charge in [-0.05, 0) is 38.3 Å². The molecule has 2 aliphatic rings. The van der Waals surface area contributed by atoms with Crippen LogP contribution in [-0.4, -0.2) is 6.61 Å². The van der Waals surface area contributed by atoms with E-state index in [1.807, 2.05) is 13.8 Å². The van der Waals surface area contributed by atoms with Crippen LogP contribution in [0.1, 0.15) is 40.5 Å². The van der Waals surface area contributed by atoms with Crippen molar-refractivity contribution in [3.8, 4) is 0 Å². The van der Waals surface area contributed by atoms with E-state index in [9.17, 15) is 0 Å². The Balaban J connectivity index is 0.000000531. The van der Waals surface area contributed by atoms with Gasteiger partial charge in [-0.3, -0.25) is 0 Å². The van der Waals surface area contributed by atoms with E-state index in [0.29, 0.717) is 5.92 Å². The minimum atomic E-state index is 0.675. The number of rotatable bonds is 1. The standard InChI is InChI=1S/C12H16O.C2H6/c1-3-4-10-8-12-11(5-6-13-12)7-9(10)2;1-2/h3-4,8,11H,5-7H2,1-2H3;1-2H3/b4-3-;. The van der Waals surface area contributed by atoms with Crippen LogP contribution in [0.5, 0.6) is 0 Å². The van der Waals surface area contributed by atoms with E-state index in [-0.39, 0.29) is 0 Å². The van der Waals surface area contributed by atoms with Gasteiger partial charge in [-0.1, -0.05) is 31.6 Å². The van der Waals surface area contributed by atoms with Crippen LogP contribution in [0.15, 0.2) is 35.1 Å². The topological polar surface area (TPSA) is 9.23 Å².